The largest absolute Gasteiger partial charge is 0.462 e. The minimum absolute atomic E-state index is 0.0465. The van der Waals surface area contributed by atoms with E-state index in [1.807, 2.05) is 0 Å². The molecule has 4 unspecified atom stereocenters. The maximum Gasteiger partial charge on any atom is 0.302 e. The number of hydrogen-bond acceptors (Lipinski definition) is 4. The van der Waals surface area contributed by atoms with Gasteiger partial charge in [0.25, 0.3) is 0 Å². The molecule has 0 aromatic heterocycles. The summed E-state index contributed by atoms with van der Waals surface area (Å²) in [6.45, 7) is 5.96. The van der Waals surface area contributed by atoms with Crippen LogP contribution in [-0.2, 0) is 14.3 Å². The van der Waals surface area contributed by atoms with Crippen molar-refractivity contribution in [2.75, 3.05) is 6.61 Å². The summed E-state index contributed by atoms with van der Waals surface area (Å²) in [6, 6.07) is 0. The normalized spacial score (nSPS) is 45.9. The van der Waals surface area contributed by atoms with Crippen LogP contribution in [0.5, 0.6) is 0 Å². The number of carbonyl (C=O) groups is 2. The molecule has 7 atom stereocenters. The standard InChI is InChI=1S/C23H34O4/c1-14(25)27-16-8-10-22(2)15(12-16)4-5-17-18-6-7-20(21(26)13-24)23(18,3)11-9-19(17)22/h4,16-20,24H,5-13H2,1-3H3/t16?,17?,18?,19?,20-,22+,23+/m1/s1. The lowest BCUT2D eigenvalue weighted by molar-refractivity contribution is -0.149. The van der Waals surface area contributed by atoms with Gasteiger partial charge in [-0.25, -0.2) is 0 Å². The second-order valence-corrected chi connectivity index (χ2v) is 10.0. The van der Waals surface area contributed by atoms with Gasteiger partial charge >= 0.3 is 5.97 Å². The third-order valence-corrected chi connectivity index (χ3v) is 8.94. The van der Waals surface area contributed by atoms with Gasteiger partial charge in [-0.3, -0.25) is 9.59 Å². The highest BCUT2D eigenvalue weighted by Gasteiger charge is 2.59. The molecule has 4 heteroatoms. The zero-order valence-corrected chi connectivity index (χ0v) is 17.0. The Kier molecular flexibility index (Phi) is 4.77. The molecule has 4 aliphatic rings. The van der Waals surface area contributed by atoms with E-state index in [1.165, 1.54) is 18.9 Å². The second-order valence-electron chi connectivity index (χ2n) is 10.0. The predicted molar refractivity (Wildman–Crippen MR) is 103 cm³/mol. The first-order valence-corrected chi connectivity index (χ1v) is 10.8. The van der Waals surface area contributed by atoms with Crippen molar-refractivity contribution in [1.82, 2.24) is 0 Å². The van der Waals surface area contributed by atoms with Crippen LogP contribution in [0.2, 0.25) is 0 Å². The minimum Gasteiger partial charge on any atom is -0.462 e. The topological polar surface area (TPSA) is 63.6 Å². The molecule has 0 aromatic carbocycles. The van der Waals surface area contributed by atoms with Crippen molar-refractivity contribution in [3.8, 4) is 0 Å². The summed E-state index contributed by atoms with van der Waals surface area (Å²) in [7, 11) is 0. The fourth-order valence-electron chi connectivity index (χ4n) is 7.60. The van der Waals surface area contributed by atoms with Crippen molar-refractivity contribution in [1.29, 1.82) is 0 Å². The Morgan fingerprint density at radius 2 is 1.93 bits per heavy atom. The van der Waals surface area contributed by atoms with Crippen LogP contribution in [0.15, 0.2) is 11.6 Å². The number of ketones is 1. The lowest BCUT2D eigenvalue weighted by Crippen LogP contribution is -2.51. The molecule has 0 aliphatic heterocycles. The van der Waals surface area contributed by atoms with Crippen molar-refractivity contribution in [3.05, 3.63) is 11.6 Å². The molecule has 4 rings (SSSR count). The van der Waals surface area contributed by atoms with Gasteiger partial charge in [-0.2, -0.15) is 0 Å². The molecule has 3 fully saturated rings. The highest BCUT2D eigenvalue weighted by Crippen LogP contribution is 2.66. The van der Waals surface area contributed by atoms with Crippen LogP contribution < -0.4 is 0 Å². The van der Waals surface area contributed by atoms with E-state index in [0.717, 1.165) is 44.9 Å². The SMILES string of the molecule is CC(=O)OC1CC[C@@]2(C)C(=CCC3C2CC[C@@]2(C)C3CC[C@@H]2C(=O)CO)C1. The first kappa shape index (κ1) is 19.2. The Hall–Kier alpha value is -1.16. The average molecular weight is 375 g/mol. The molecule has 0 radical (unpaired) electrons. The summed E-state index contributed by atoms with van der Waals surface area (Å²) >= 11 is 0. The van der Waals surface area contributed by atoms with E-state index in [2.05, 4.69) is 19.9 Å². The van der Waals surface area contributed by atoms with E-state index in [-0.39, 0.29) is 41.2 Å². The molecule has 0 aromatic rings. The summed E-state index contributed by atoms with van der Waals surface area (Å²) in [5.74, 6) is 1.86. The number of esters is 1. The molecule has 1 N–H and O–H groups in total. The number of Topliss-reactive ketones (excluding diaryl/α,β-unsaturated/α-hetero) is 1. The predicted octanol–water partition coefficient (Wildman–Crippen LogP) is 4.06. The smallest absolute Gasteiger partial charge is 0.302 e. The molecule has 0 heterocycles. The second kappa shape index (κ2) is 6.72. The highest BCUT2D eigenvalue weighted by molar-refractivity contribution is 5.83. The van der Waals surface area contributed by atoms with Crippen molar-refractivity contribution < 1.29 is 19.4 Å². The van der Waals surface area contributed by atoms with Gasteiger partial charge in [-0.05, 0) is 73.5 Å². The summed E-state index contributed by atoms with van der Waals surface area (Å²) in [5, 5.41) is 9.42. The van der Waals surface area contributed by atoms with Gasteiger partial charge in [-0.15, -0.1) is 0 Å². The Balaban J connectivity index is 1.57. The van der Waals surface area contributed by atoms with Crippen molar-refractivity contribution in [2.24, 2.45) is 34.5 Å². The number of allylic oxidation sites excluding steroid dienone is 1. The van der Waals surface area contributed by atoms with Crippen LogP contribution in [0, 0.1) is 34.5 Å². The number of ether oxygens (including phenoxy) is 1. The summed E-state index contributed by atoms with van der Waals surface area (Å²) in [6.07, 6.45) is 10.9. The Morgan fingerprint density at radius 3 is 2.63 bits per heavy atom. The van der Waals surface area contributed by atoms with Crippen LogP contribution in [0.1, 0.15) is 72.1 Å². The van der Waals surface area contributed by atoms with Crippen LogP contribution in [0.25, 0.3) is 0 Å². The lowest BCUT2D eigenvalue weighted by atomic mass is 9.47. The molecule has 0 amide bonds. The summed E-state index contributed by atoms with van der Waals surface area (Å²) in [5.41, 5.74) is 1.79. The first-order valence-electron chi connectivity index (χ1n) is 10.8. The van der Waals surface area contributed by atoms with Gasteiger partial charge in [0.2, 0.25) is 0 Å². The third-order valence-electron chi connectivity index (χ3n) is 8.94. The van der Waals surface area contributed by atoms with Gasteiger partial charge < -0.3 is 9.84 Å². The van der Waals surface area contributed by atoms with Crippen molar-refractivity contribution in [3.63, 3.8) is 0 Å². The van der Waals surface area contributed by atoms with E-state index in [0.29, 0.717) is 17.8 Å². The number of aliphatic hydroxyl groups is 1. The highest BCUT2D eigenvalue weighted by atomic mass is 16.5. The van der Waals surface area contributed by atoms with E-state index < -0.39 is 0 Å². The number of hydrogen-bond donors (Lipinski definition) is 1. The van der Waals surface area contributed by atoms with E-state index >= 15 is 0 Å². The van der Waals surface area contributed by atoms with Crippen LogP contribution >= 0.6 is 0 Å². The maximum absolute atomic E-state index is 12.3. The molecular weight excluding hydrogens is 340 g/mol. The molecule has 4 nitrogen and oxygen atoms in total. The van der Waals surface area contributed by atoms with Gasteiger partial charge in [0, 0.05) is 19.3 Å². The quantitative estimate of drug-likeness (QED) is 0.598. The number of fused-ring (bicyclic) bond motifs is 5. The first-order chi connectivity index (χ1) is 12.8. The molecular formula is C23H34O4. The number of carbonyl (C=O) groups excluding carboxylic acids is 2. The van der Waals surface area contributed by atoms with Crippen molar-refractivity contribution in [2.45, 2.75) is 78.2 Å². The molecule has 0 saturated heterocycles. The van der Waals surface area contributed by atoms with Crippen LogP contribution in [0.3, 0.4) is 0 Å². The summed E-state index contributed by atoms with van der Waals surface area (Å²) in [4.78, 5) is 23.7. The monoisotopic (exact) mass is 374 g/mol. The third kappa shape index (κ3) is 2.90. The van der Waals surface area contributed by atoms with Gasteiger partial charge in [0.15, 0.2) is 5.78 Å². The lowest BCUT2D eigenvalue weighted by Gasteiger charge is -2.58. The van der Waals surface area contributed by atoms with Gasteiger partial charge in [0.1, 0.15) is 12.7 Å². The van der Waals surface area contributed by atoms with Gasteiger partial charge in [-0.1, -0.05) is 25.5 Å². The number of aliphatic hydroxyl groups excluding tert-OH is 1. The molecule has 150 valence electrons. The van der Waals surface area contributed by atoms with Crippen LogP contribution in [0.4, 0.5) is 0 Å². The zero-order valence-electron chi connectivity index (χ0n) is 17.0. The molecule has 3 saturated carbocycles. The average Bonchev–Trinajstić information content (AvgIpc) is 2.98. The molecule has 0 spiro atoms. The summed E-state index contributed by atoms with van der Waals surface area (Å²) < 4.78 is 5.52. The van der Waals surface area contributed by atoms with E-state index in [4.69, 9.17) is 4.74 Å². The van der Waals surface area contributed by atoms with Crippen molar-refractivity contribution >= 4 is 11.8 Å². The molecule has 0 bridgehead atoms. The molecule has 27 heavy (non-hydrogen) atoms. The minimum atomic E-state index is -0.305. The Morgan fingerprint density at radius 1 is 1.15 bits per heavy atom. The van der Waals surface area contributed by atoms with Crippen LogP contribution in [-0.4, -0.2) is 29.6 Å². The Bertz CT molecular complexity index is 667. The fraction of sp³-hybridized carbons (Fsp3) is 0.826. The van der Waals surface area contributed by atoms with Gasteiger partial charge in [0.05, 0.1) is 0 Å². The fourth-order valence-corrected chi connectivity index (χ4v) is 7.60. The number of rotatable bonds is 3. The Labute approximate surface area is 162 Å². The zero-order chi connectivity index (χ0) is 19.4. The van der Waals surface area contributed by atoms with E-state index in [1.54, 1.807) is 0 Å². The maximum atomic E-state index is 12.3. The molecule has 4 aliphatic carbocycles. The van der Waals surface area contributed by atoms with E-state index in [9.17, 15) is 14.7 Å².